The Balaban J connectivity index is 1.68. The van der Waals surface area contributed by atoms with Crippen molar-refractivity contribution < 1.29 is 13.7 Å². The molecule has 0 fully saturated rings. The van der Waals surface area contributed by atoms with Gasteiger partial charge in [0, 0.05) is 11.1 Å². The Morgan fingerprint density at radius 3 is 2.95 bits per heavy atom. The lowest BCUT2D eigenvalue weighted by atomic mass is 10.1. The summed E-state index contributed by atoms with van der Waals surface area (Å²) in [4.78, 5) is 0. The van der Waals surface area contributed by atoms with Gasteiger partial charge in [-0.05, 0) is 49.9 Å². The van der Waals surface area contributed by atoms with E-state index in [0.717, 1.165) is 42.5 Å². The topological polar surface area (TPSA) is 35.3 Å². The van der Waals surface area contributed by atoms with Gasteiger partial charge in [0.15, 0.2) is 0 Å². The number of allylic oxidation sites excluding steroid dienone is 1. The van der Waals surface area contributed by atoms with E-state index >= 15 is 0 Å². The maximum absolute atomic E-state index is 13.0. The van der Waals surface area contributed by atoms with E-state index in [0.29, 0.717) is 6.61 Å². The van der Waals surface area contributed by atoms with Crippen LogP contribution in [0.3, 0.4) is 0 Å². The van der Waals surface area contributed by atoms with Crippen molar-refractivity contribution in [2.24, 2.45) is 0 Å². The van der Waals surface area contributed by atoms with E-state index in [4.69, 9.17) is 9.26 Å². The maximum atomic E-state index is 13.0. The van der Waals surface area contributed by atoms with Crippen LogP contribution in [-0.2, 0) is 11.3 Å². The number of ether oxygens (including phenoxy) is 1. The summed E-state index contributed by atoms with van der Waals surface area (Å²) in [7, 11) is 0. The molecule has 1 aromatic heterocycles. The van der Waals surface area contributed by atoms with Crippen molar-refractivity contribution in [2.75, 3.05) is 0 Å². The summed E-state index contributed by atoms with van der Waals surface area (Å²) >= 11 is 0. The molecule has 0 amide bonds. The highest BCUT2D eigenvalue weighted by Crippen LogP contribution is 2.24. The molecule has 21 heavy (non-hydrogen) atoms. The minimum absolute atomic E-state index is 0.250. The van der Waals surface area contributed by atoms with Crippen molar-refractivity contribution in [3.8, 4) is 11.3 Å². The van der Waals surface area contributed by atoms with Gasteiger partial charge in [-0.25, -0.2) is 4.39 Å². The van der Waals surface area contributed by atoms with Gasteiger partial charge in [0.2, 0.25) is 0 Å². The lowest BCUT2D eigenvalue weighted by Gasteiger charge is -2.14. The van der Waals surface area contributed by atoms with Crippen LogP contribution in [0, 0.1) is 5.82 Å². The lowest BCUT2D eigenvalue weighted by molar-refractivity contribution is 0.0371. The average molecular weight is 287 g/mol. The molecule has 4 heteroatoms. The van der Waals surface area contributed by atoms with Gasteiger partial charge in [0.05, 0.1) is 12.7 Å². The summed E-state index contributed by atoms with van der Waals surface area (Å²) in [6.07, 6.45) is 10.6. The Labute approximate surface area is 123 Å². The van der Waals surface area contributed by atoms with Crippen LogP contribution in [0.25, 0.3) is 11.3 Å². The smallest absolute Gasteiger partial charge is 0.129 e. The molecule has 0 radical (unpaired) electrons. The van der Waals surface area contributed by atoms with Crippen LogP contribution in [0.5, 0.6) is 0 Å². The van der Waals surface area contributed by atoms with Gasteiger partial charge in [-0.2, -0.15) is 0 Å². The van der Waals surface area contributed by atoms with E-state index < -0.39 is 0 Å². The Morgan fingerprint density at radius 2 is 2.10 bits per heavy atom. The highest BCUT2D eigenvalue weighted by Gasteiger charge is 2.14. The molecule has 1 unspecified atom stereocenters. The second kappa shape index (κ2) is 6.68. The first kappa shape index (κ1) is 14.0. The Morgan fingerprint density at radius 1 is 1.24 bits per heavy atom. The van der Waals surface area contributed by atoms with Crippen molar-refractivity contribution in [1.82, 2.24) is 5.16 Å². The van der Waals surface area contributed by atoms with Crippen molar-refractivity contribution in [3.63, 3.8) is 0 Å². The zero-order chi connectivity index (χ0) is 14.5. The molecule has 2 aromatic rings. The highest BCUT2D eigenvalue weighted by molar-refractivity contribution is 5.61. The fourth-order valence-corrected chi connectivity index (χ4v) is 2.51. The summed E-state index contributed by atoms with van der Waals surface area (Å²) in [6, 6.07) is 6.24. The molecule has 0 N–H and O–H groups in total. The number of nitrogens with zero attached hydrogens (tertiary/aromatic N) is 1. The second-order valence-corrected chi connectivity index (χ2v) is 5.27. The molecule has 3 rings (SSSR count). The standard InChI is InChI=1S/C17H18FNO2/c18-15-9-7-13(8-10-15)17-14(12-21-19-17)11-20-16-5-3-1-2-4-6-16/h1,3,7-10,12,16H,2,4-6,11H2. The van der Waals surface area contributed by atoms with Crippen molar-refractivity contribution in [3.05, 3.63) is 54.1 Å². The van der Waals surface area contributed by atoms with Crippen molar-refractivity contribution in [1.29, 1.82) is 0 Å². The molecular formula is C17H18FNO2. The fraction of sp³-hybridized carbons (Fsp3) is 0.353. The quantitative estimate of drug-likeness (QED) is 0.777. The number of hydrogen-bond acceptors (Lipinski definition) is 3. The third-order valence-electron chi connectivity index (χ3n) is 3.70. The molecule has 0 bridgehead atoms. The molecule has 3 nitrogen and oxygen atoms in total. The van der Waals surface area contributed by atoms with Gasteiger partial charge < -0.3 is 9.26 Å². The lowest BCUT2D eigenvalue weighted by Crippen LogP contribution is -2.11. The minimum Gasteiger partial charge on any atom is -0.373 e. The van der Waals surface area contributed by atoms with Crippen LogP contribution < -0.4 is 0 Å². The van der Waals surface area contributed by atoms with Crippen LogP contribution in [-0.4, -0.2) is 11.3 Å². The highest BCUT2D eigenvalue weighted by atomic mass is 19.1. The normalized spacial score (nSPS) is 18.6. The van der Waals surface area contributed by atoms with Gasteiger partial charge in [-0.15, -0.1) is 0 Å². The Bertz CT molecular complexity index is 604. The predicted octanol–water partition coefficient (Wildman–Crippen LogP) is 4.50. The van der Waals surface area contributed by atoms with Gasteiger partial charge in [-0.1, -0.05) is 17.3 Å². The van der Waals surface area contributed by atoms with Crippen LogP contribution >= 0.6 is 0 Å². The van der Waals surface area contributed by atoms with Gasteiger partial charge >= 0.3 is 0 Å². The van der Waals surface area contributed by atoms with E-state index in [1.165, 1.54) is 12.1 Å². The summed E-state index contributed by atoms with van der Waals surface area (Å²) in [5.74, 6) is -0.259. The van der Waals surface area contributed by atoms with E-state index in [2.05, 4.69) is 17.3 Å². The zero-order valence-corrected chi connectivity index (χ0v) is 11.8. The van der Waals surface area contributed by atoms with Crippen molar-refractivity contribution in [2.45, 2.75) is 38.4 Å². The maximum Gasteiger partial charge on any atom is 0.129 e. The minimum atomic E-state index is -0.259. The van der Waals surface area contributed by atoms with E-state index in [1.54, 1.807) is 18.4 Å². The molecule has 0 saturated heterocycles. The molecule has 1 atom stereocenters. The van der Waals surface area contributed by atoms with Crippen LogP contribution in [0.1, 0.15) is 31.2 Å². The number of halogens is 1. The fourth-order valence-electron chi connectivity index (χ4n) is 2.51. The summed E-state index contributed by atoms with van der Waals surface area (Å²) in [6.45, 7) is 0.467. The first-order valence-electron chi connectivity index (χ1n) is 7.29. The zero-order valence-electron chi connectivity index (χ0n) is 11.8. The second-order valence-electron chi connectivity index (χ2n) is 5.27. The average Bonchev–Trinajstić information content (AvgIpc) is 2.81. The van der Waals surface area contributed by atoms with Crippen molar-refractivity contribution >= 4 is 0 Å². The summed E-state index contributed by atoms with van der Waals surface area (Å²) in [5.41, 5.74) is 2.46. The molecule has 1 aliphatic carbocycles. The third kappa shape index (κ3) is 3.58. The first-order chi connectivity index (χ1) is 10.3. The Kier molecular flexibility index (Phi) is 4.46. The predicted molar refractivity (Wildman–Crippen MR) is 78.1 cm³/mol. The molecule has 110 valence electrons. The van der Waals surface area contributed by atoms with Crippen LogP contribution in [0.2, 0.25) is 0 Å². The number of benzene rings is 1. The van der Waals surface area contributed by atoms with Gasteiger partial charge in [0.1, 0.15) is 17.8 Å². The molecule has 0 aliphatic heterocycles. The van der Waals surface area contributed by atoms with Crippen LogP contribution in [0.4, 0.5) is 4.39 Å². The molecule has 0 saturated carbocycles. The third-order valence-corrected chi connectivity index (χ3v) is 3.70. The largest absolute Gasteiger partial charge is 0.373 e. The number of hydrogen-bond donors (Lipinski definition) is 0. The first-order valence-corrected chi connectivity index (χ1v) is 7.29. The SMILES string of the molecule is Fc1ccc(-c2nocc2COC2CC=CCCC2)cc1. The Hall–Kier alpha value is -1.94. The monoisotopic (exact) mass is 287 g/mol. The van der Waals surface area contributed by atoms with E-state index in [1.807, 2.05) is 0 Å². The molecule has 1 heterocycles. The number of aromatic nitrogens is 1. The molecule has 1 aromatic carbocycles. The van der Waals surface area contributed by atoms with E-state index in [9.17, 15) is 4.39 Å². The van der Waals surface area contributed by atoms with Gasteiger partial charge in [-0.3, -0.25) is 0 Å². The molecular weight excluding hydrogens is 269 g/mol. The summed E-state index contributed by atoms with van der Waals surface area (Å²) in [5, 5.41) is 4.01. The molecule has 0 spiro atoms. The summed E-state index contributed by atoms with van der Waals surface area (Å²) < 4.78 is 24.0. The number of rotatable bonds is 4. The molecule has 1 aliphatic rings. The van der Waals surface area contributed by atoms with Gasteiger partial charge in [0.25, 0.3) is 0 Å². The van der Waals surface area contributed by atoms with Crippen LogP contribution in [0.15, 0.2) is 47.2 Å². The van der Waals surface area contributed by atoms with E-state index in [-0.39, 0.29) is 11.9 Å².